The highest BCUT2D eigenvalue weighted by atomic mass is 32.2. The number of aromatic nitrogens is 3. The smallest absolute Gasteiger partial charge is 0.307 e. The summed E-state index contributed by atoms with van der Waals surface area (Å²) in [7, 11) is 1.62. The fourth-order valence-electron chi connectivity index (χ4n) is 2.64. The van der Waals surface area contributed by atoms with Crippen LogP contribution in [0.4, 0.5) is 0 Å². The van der Waals surface area contributed by atoms with Gasteiger partial charge in [0.2, 0.25) is 11.5 Å². The predicted molar refractivity (Wildman–Crippen MR) is 107 cm³/mol. The third-order valence-corrected chi connectivity index (χ3v) is 6.09. The molecule has 29 heavy (non-hydrogen) atoms. The van der Waals surface area contributed by atoms with Gasteiger partial charge in [-0.1, -0.05) is 30.0 Å². The number of hydrogen-bond donors (Lipinski definition) is 0. The van der Waals surface area contributed by atoms with Crippen molar-refractivity contribution < 1.29 is 23.8 Å². The van der Waals surface area contributed by atoms with Crippen LogP contribution in [0.15, 0.2) is 68.8 Å². The van der Waals surface area contributed by atoms with E-state index in [-0.39, 0.29) is 17.2 Å². The van der Waals surface area contributed by atoms with Crippen LogP contribution in [-0.2, 0) is 0 Å². The van der Waals surface area contributed by atoms with Gasteiger partial charge in [0.15, 0.2) is 10.3 Å². The van der Waals surface area contributed by atoms with E-state index in [0.29, 0.717) is 5.69 Å². The maximum atomic E-state index is 12.7. The average molecular weight is 425 g/mol. The molecule has 4 aromatic rings. The van der Waals surface area contributed by atoms with Crippen LogP contribution in [0.25, 0.3) is 16.9 Å². The van der Waals surface area contributed by atoms with Gasteiger partial charge in [0.1, 0.15) is 5.75 Å². The highest BCUT2D eigenvalue weighted by Gasteiger charge is 2.27. The first-order valence-electron chi connectivity index (χ1n) is 8.56. The number of nitrogens with zero attached hydrogens (tertiary/aromatic N) is 3. The first-order valence-corrected chi connectivity index (χ1v) is 10.4. The van der Waals surface area contributed by atoms with Crippen LogP contribution in [0, 0.1) is 0 Å². The van der Waals surface area contributed by atoms with Crippen LogP contribution in [0.5, 0.6) is 11.7 Å². The molecule has 0 N–H and O–H groups in total. The van der Waals surface area contributed by atoms with E-state index in [2.05, 4.69) is 10.3 Å². The summed E-state index contributed by atoms with van der Waals surface area (Å²) in [5, 5.41) is 17.6. The lowest BCUT2D eigenvalue weighted by Gasteiger charge is -2.00. The van der Waals surface area contributed by atoms with Crippen LogP contribution in [0.1, 0.15) is 10.5 Å². The van der Waals surface area contributed by atoms with E-state index in [1.54, 1.807) is 31.4 Å². The summed E-state index contributed by atoms with van der Waals surface area (Å²) in [5.74, 6) is -0.291. The number of rotatable bonds is 7. The van der Waals surface area contributed by atoms with E-state index in [9.17, 15) is 9.90 Å². The Labute approximate surface area is 174 Å². The number of thiazole rings is 1. The minimum Gasteiger partial charge on any atom is -0.539 e. The Bertz CT molecular complexity index is 1120. The normalized spacial score (nSPS) is 10.8. The molecule has 0 aliphatic heterocycles. The zero-order chi connectivity index (χ0) is 20.2. The molecule has 0 radical (unpaired) electrons. The fraction of sp³-hybridized carbons (Fsp3) is 0.100. The molecule has 9 heteroatoms. The molecule has 0 bridgehead atoms. The molecule has 0 unspecified atom stereocenters. The third kappa shape index (κ3) is 4.15. The summed E-state index contributed by atoms with van der Waals surface area (Å²) in [6.45, 7) is 0. The Morgan fingerprint density at radius 2 is 1.97 bits per heavy atom. The largest absolute Gasteiger partial charge is 0.539 e. The lowest BCUT2D eigenvalue weighted by molar-refractivity contribution is -0.672. The predicted octanol–water partition coefficient (Wildman–Crippen LogP) is 3.13. The van der Waals surface area contributed by atoms with E-state index in [1.807, 2.05) is 35.7 Å². The van der Waals surface area contributed by atoms with Crippen molar-refractivity contribution in [3.05, 3.63) is 65.7 Å². The first kappa shape index (κ1) is 19.2. The second-order valence-electron chi connectivity index (χ2n) is 5.90. The zero-order valence-corrected chi connectivity index (χ0v) is 16.9. The number of ketones is 1. The monoisotopic (exact) mass is 425 g/mol. The lowest BCUT2D eigenvalue weighted by atomic mass is 10.2. The molecule has 0 atom stereocenters. The van der Waals surface area contributed by atoms with Gasteiger partial charge >= 0.3 is 5.69 Å². The lowest BCUT2D eigenvalue weighted by Crippen LogP contribution is -2.39. The van der Waals surface area contributed by atoms with Gasteiger partial charge in [0, 0.05) is 23.1 Å². The molecule has 4 rings (SSSR count). The van der Waals surface area contributed by atoms with Gasteiger partial charge in [-0.2, -0.15) is 0 Å². The maximum absolute atomic E-state index is 12.7. The molecule has 0 amide bonds. The number of hydrogen-bond acceptors (Lipinski definition) is 8. The second-order valence-corrected chi connectivity index (χ2v) is 7.98. The van der Waals surface area contributed by atoms with E-state index < -0.39 is 5.95 Å². The molecule has 0 aliphatic rings. The molecule has 0 saturated heterocycles. The molecule has 7 nitrogen and oxygen atoms in total. The summed E-state index contributed by atoms with van der Waals surface area (Å²) >= 11 is 2.72. The van der Waals surface area contributed by atoms with Gasteiger partial charge in [-0.05, 0) is 28.9 Å². The average Bonchev–Trinajstić information content (AvgIpc) is 3.39. The number of para-hydroxylation sites is 1. The Hall–Kier alpha value is -3.17. The van der Waals surface area contributed by atoms with Crippen LogP contribution >= 0.6 is 23.1 Å². The number of methoxy groups -OCH3 is 1. The van der Waals surface area contributed by atoms with Crippen molar-refractivity contribution in [1.82, 2.24) is 10.3 Å². The minimum absolute atomic E-state index is 0.0544. The highest BCUT2D eigenvalue weighted by Crippen LogP contribution is 2.29. The third-order valence-electron chi connectivity index (χ3n) is 4.07. The molecule has 2 aromatic heterocycles. The summed E-state index contributed by atoms with van der Waals surface area (Å²) < 4.78 is 11.8. The SMILES string of the molecule is COc1ccc(-c2csc(SCC(=O)c3c([O-])on[n+]3-c3ccccc3)n2)cc1. The molecule has 0 spiro atoms. The van der Waals surface area contributed by atoms with Crippen molar-refractivity contribution in [1.29, 1.82) is 0 Å². The number of ether oxygens (including phenoxy) is 1. The molecule has 2 heterocycles. The number of thioether (sulfide) groups is 1. The topological polar surface area (TPSA) is 92.2 Å². The van der Waals surface area contributed by atoms with E-state index in [0.717, 1.165) is 21.3 Å². The molecule has 0 saturated carbocycles. The fourth-order valence-corrected chi connectivity index (χ4v) is 4.34. The standard InChI is InChI=1S/C20H15N3O4S2/c1-26-15-9-7-13(8-10-15)16-11-28-20(21-16)29-12-17(24)18-19(25)27-22-23(18)14-5-3-2-4-6-14/h2-11H,12H2,1H3. The molecular weight excluding hydrogens is 410 g/mol. The van der Waals surface area contributed by atoms with Crippen molar-refractivity contribution in [2.45, 2.75) is 4.34 Å². The number of Topliss-reactive ketones (excluding diaryl/α,β-unsaturated/α-hetero) is 1. The Balaban J connectivity index is 1.47. The van der Waals surface area contributed by atoms with E-state index in [1.165, 1.54) is 27.8 Å². The van der Waals surface area contributed by atoms with Crippen molar-refractivity contribution in [3.63, 3.8) is 0 Å². The van der Waals surface area contributed by atoms with Gasteiger partial charge in [0.05, 0.1) is 23.8 Å². The molecular formula is C20H15N3O4S2. The Morgan fingerprint density at radius 1 is 1.21 bits per heavy atom. The van der Waals surface area contributed by atoms with Crippen LogP contribution in [-0.4, -0.2) is 28.9 Å². The van der Waals surface area contributed by atoms with Gasteiger partial charge in [-0.25, -0.2) is 4.98 Å². The summed E-state index contributed by atoms with van der Waals surface area (Å²) in [4.78, 5) is 17.2. The van der Waals surface area contributed by atoms with E-state index in [4.69, 9.17) is 9.26 Å². The van der Waals surface area contributed by atoms with Gasteiger partial charge in [-0.15, -0.1) is 11.3 Å². The first-order chi connectivity index (χ1) is 14.2. The van der Waals surface area contributed by atoms with Crippen molar-refractivity contribution in [2.75, 3.05) is 12.9 Å². The number of carbonyl (C=O) groups excluding carboxylic acids is 1. The Kier molecular flexibility index (Phi) is 5.59. The molecule has 2 aromatic carbocycles. The van der Waals surface area contributed by atoms with Crippen LogP contribution in [0.2, 0.25) is 0 Å². The van der Waals surface area contributed by atoms with E-state index >= 15 is 0 Å². The number of carbonyl (C=O) groups is 1. The van der Waals surface area contributed by atoms with Gasteiger partial charge < -0.3 is 14.4 Å². The quantitative estimate of drug-likeness (QED) is 0.255. The summed E-state index contributed by atoms with van der Waals surface area (Å²) in [6, 6.07) is 16.5. The second kappa shape index (κ2) is 8.46. The summed E-state index contributed by atoms with van der Waals surface area (Å²) in [6.07, 6.45) is 0. The number of benzene rings is 2. The highest BCUT2D eigenvalue weighted by molar-refractivity contribution is 8.01. The molecule has 0 fully saturated rings. The minimum atomic E-state index is -0.752. The summed E-state index contributed by atoms with van der Waals surface area (Å²) in [5.41, 5.74) is 2.27. The van der Waals surface area contributed by atoms with Crippen molar-refractivity contribution in [2.24, 2.45) is 0 Å². The van der Waals surface area contributed by atoms with Crippen molar-refractivity contribution in [3.8, 4) is 28.6 Å². The van der Waals surface area contributed by atoms with Gasteiger partial charge in [0.25, 0.3) is 0 Å². The molecule has 0 aliphatic carbocycles. The van der Waals surface area contributed by atoms with Gasteiger partial charge in [-0.3, -0.25) is 4.79 Å². The molecule has 146 valence electrons. The Morgan fingerprint density at radius 3 is 2.69 bits per heavy atom. The van der Waals surface area contributed by atoms with Crippen LogP contribution in [0.3, 0.4) is 0 Å². The zero-order valence-electron chi connectivity index (χ0n) is 15.3. The van der Waals surface area contributed by atoms with Crippen LogP contribution < -0.4 is 14.5 Å². The maximum Gasteiger partial charge on any atom is 0.307 e. The van der Waals surface area contributed by atoms with Crippen molar-refractivity contribution >= 4 is 28.9 Å².